The molecule has 0 aliphatic carbocycles. The van der Waals surface area contributed by atoms with E-state index in [4.69, 9.17) is 4.74 Å². The molecule has 0 amide bonds. The van der Waals surface area contributed by atoms with E-state index in [0.29, 0.717) is 0 Å². The first-order valence-electron chi connectivity index (χ1n) is 7.26. The van der Waals surface area contributed by atoms with E-state index in [1.165, 1.54) is 37.7 Å². The molecular formula is C16H24BrNO. The van der Waals surface area contributed by atoms with E-state index in [1.807, 2.05) is 0 Å². The lowest BCUT2D eigenvalue weighted by Gasteiger charge is -2.33. The van der Waals surface area contributed by atoms with Crippen molar-refractivity contribution in [2.24, 2.45) is 0 Å². The van der Waals surface area contributed by atoms with Gasteiger partial charge < -0.3 is 10.1 Å². The second-order valence-electron chi connectivity index (χ2n) is 5.52. The Labute approximate surface area is 125 Å². The van der Waals surface area contributed by atoms with E-state index in [2.05, 4.69) is 46.4 Å². The lowest BCUT2D eigenvalue weighted by atomic mass is 9.84. The predicted molar refractivity (Wildman–Crippen MR) is 83.9 cm³/mol. The van der Waals surface area contributed by atoms with Gasteiger partial charge in [0.05, 0.1) is 11.6 Å². The number of ether oxygens (including phenoxy) is 1. The van der Waals surface area contributed by atoms with Crippen LogP contribution in [0.4, 0.5) is 0 Å². The predicted octanol–water partition coefficient (Wildman–Crippen LogP) is 4.31. The molecule has 0 bridgehead atoms. The van der Waals surface area contributed by atoms with E-state index in [9.17, 15) is 0 Å². The van der Waals surface area contributed by atoms with Gasteiger partial charge in [-0.15, -0.1) is 0 Å². The molecule has 2 nitrogen and oxygen atoms in total. The molecule has 0 radical (unpaired) electrons. The minimum absolute atomic E-state index is 0.282. The van der Waals surface area contributed by atoms with Crippen molar-refractivity contribution >= 4 is 15.9 Å². The fourth-order valence-electron chi connectivity index (χ4n) is 3.00. The molecule has 1 unspecified atom stereocenters. The van der Waals surface area contributed by atoms with E-state index >= 15 is 0 Å². The highest BCUT2D eigenvalue weighted by Crippen LogP contribution is 2.30. The molecule has 1 fully saturated rings. The number of rotatable bonds is 4. The van der Waals surface area contributed by atoms with Crippen molar-refractivity contribution in [1.29, 1.82) is 0 Å². The largest absolute Gasteiger partial charge is 0.496 e. The van der Waals surface area contributed by atoms with Gasteiger partial charge in [-0.2, -0.15) is 0 Å². The molecule has 2 rings (SSSR count). The number of nitrogens with one attached hydrogen (secondary N) is 1. The Morgan fingerprint density at radius 2 is 2.16 bits per heavy atom. The van der Waals surface area contributed by atoms with Crippen LogP contribution in [0.1, 0.15) is 44.6 Å². The third-order valence-corrected chi connectivity index (χ3v) is 4.89. The molecule has 1 aliphatic heterocycles. The molecule has 0 aromatic heterocycles. The summed E-state index contributed by atoms with van der Waals surface area (Å²) < 4.78 is 6.35. The second kappa shape index (κ2) is 6.76. The minimum atomic E-state index is 0.282. The Morgan fingerprint density at radius 3 is 2.84 bits per heavy atom. The number of hydrogen-bond acceptors (Lipinski definition) is 2. The Hall–Kier alpha value is -0.540. The fraction of sp³-hybridized carbons (Fsp3) is 0.625. The molecule has 106 valence electrons. The van der Waals surface area contributed by atoms with Gasteiger partial charge in [-0.05, 0) is 65.9 Å². The number of methoxy groups -OCH3 is 1. The molecular weight excluding hydrogens is 302 g/mol. The van der Waals surface area contributed by atoms with Gasteiger partial charge in [0.2, 0.25) is 0 Å². The van der Waals surface area contributed by atoms with Crippen molar-refractivity contribution in [3.8, 4) is 5.75 Å². The van der Waals surface area contributed by atoms with Crippen molar-refractivity contribution in [1.82, 2.24) is 5.32 Å². The fourth-order valence-corrected chi connectivity index (χ4v) is 3.58. The van der Waals surface area contributed by atoms with Crippen LogP contribution in [0.3, 0.4) is 0 Å². The first kappa shape index (κ1) is 14.9. The normalized spacial score (nSPS) is 23.9. The quantitative estimate of drug-likeness (QED) is 0.890. The van der Waals surface area contributed by atoms with Gasteiger partial charge in [0.15, 0.2) is 0 Å². The summed E-state index contributed by atoms with van der Waals surface area (Å²) in [5.74, 6) is 0.906. The molecule has 19 heavy (non-hydrogen) atoms. The Balaban J connectivity index is 2.15. The van der Waals surface area contributed by atoms with Gasteiger partial charge >= 0.3 is 0 Å². The number of hydrogen-bond donors (Lipinski definition) is 1. The van der Waals surface area contributed by atoms with Crippen LogP contribution in [0.15, 0.2) is 22.7 Å². The van der Waals surface area contributed by atoms with Crippen LogP contribution in [-0.2, 0) is 6.42 Å². The van der Waals surface area contributed by atoms with Crippen LogP contribution < -0.4 is 10.1 Å². The third kappa shape index (κ3) is 3.73. The summed E-state index contributed by atoms with van der Waals surface area (Å²) in [5.41, 5.74) is 1.66. The van der Waals surface area contributed by atoms with Gasteiger partial charge in [0, 0.05) is 5.54 Å². The summed E-state index contributed by atoms with van der Waals surface area (Å²) in [6, 6.07) is 6.44. The lowest BCUT2D eigenvalue weighted by molar-refractivity contribution is 0.302. The lowest BCUT2D eigenvalue weighted by Crippen LogP contribution is -2.46. The molecule has 3 heteroatoms. The summed E-state index contributed by atoms with van der Waals surface area (Å²) in [6.07, 6.45) is 7.60. The van der Waals surface area contributed by atoms with Crippen LogP contribution in [0, 0.1) is 0 Å². The molecule has 1 aromatic rings. The molecule has 1 saturated heterocycles. The molecule has 1 N–H and O–H groups in total. The van der Waals surface area contributed by atoms with Crippen molar-refractivity contribution in [3.63, 3.8) is 0 Å². The average Bonchev–Trinajstić information content (AvgIpc) is 2.65. The third-order valence-electron chi connectivity index (χ3n) is 4.27. The number of benzene rings is 1. The zero-order valence-corrected chi connectivity index (χ0v) is 13.6. The Kier molecular flexibility index (Phi) is 5.28. The molecule has 0 saturated carbocycles. The van der Waals surface area contributed by atoms with E-state index in [1.54, 1.807) is 7.11 Å². The average molecular weight is 326 g/mol. The molecule has 1 aromatic carbocycles. The van der Waals surface area contributed by atoms with Crippen molar-refractivity contribution in [2.75, 3.05) is 13.7 Å². The standard InChI is InChI=1S/C16H24BrNO/c1-3-16(9-5-4-6-10-18-16)12-13-7-8-15(19-2)14(17)11-13/h7-8,11,18H,3-6,9-10,12H2,1-2H3. The van der Waals surface area contributed by atoms with Gasteiger partial charge in [0.1, 0.15) is 5.75 Å². The summed E-state index contributed by atoms with van der Waals surface area (Å²) in [4.78, 5) is 0. The first-order chi connectivity index (χ1) is 9.19. The maximum absolute atomic E-state index is 5.30. The zero-order valence-electron chi connectivity index (χ0n) is 12.0. The van der Waals surface area contributed by atoms with Crippen LogP contribution in [0.5, 0.6) is 5.75 Å². The monoisotopic (exact) mass is 325 g/mol. The molecule has 1 atom stereocenters. The van der Waals surface area contributed by atoms with Crippen molar-refractivity contribution < 1.29 is 4.74 Å². The van der Waals surface area contributed by atoms with E-state index in [-0.39, 0.29) is 5.54 Å². The van der Waals surface area contributed by atoms with Crippen LogP contribution >= 0.6 is 15.9 Å². The Morgan fingerprint density at radius 1 is 1.32 bits per heavy atom. The highest BCUT2D eigenvalue weighted by Gasteiger charge is 2.28. The van der Waals surface area contributed by atoms with Crippen molar-refractivity contribution in [2.45, 2.75) is 51.0 Å². The topological polar surface area (TPSA) is 21.3 Å². The van der Waals surface area contributed by atoms with Gasteiger partial charge in [0.25, 0.3) is 0 Å². The zero-order chi connectivity index (χ0) is 13.7. The van der Waals surface area contributed by atoms with E-state index in [0.717, 1.165) is 23.2 Å². The highest BCUT2D eigenvalue weighted by atomic mass is 79.9. The molecule has 1 heterocycles. The van der Waals surface area contributed by atoms with Crippen molar-refractivity contribution in [3.05, 3.63) is 28.2 Å². The maximum Gasteiger partial charge on any atom is 0.133 e. The van der Waals surface area contributed by atoms with Gasteiger partial charge in [-0.3, -0.25) is 0 Å². The summed E-state index contributed by atoms with van der Waals surface area (Å²) in [6.45, 7) is 3.46. The van der Waals surface area contributed by atoms with Crippen LogP contribution in [-0.4, -0.2) is 19.2 Å². The minimum Gasteiger partial charge on any atom is -0.496 e. The molecule has 1 aliphatic rings. The first-order valence-corrected chi connectivity index (χ1v) is 8.06. The Bertz CT molecular complexity index is 411. The maximum atomic E-state index is 5.30. The van der Waals surface area contributed by atoms with Crippen LogP contribution in [0.2, 0.25) is 0 Å². The van der Waals surface area contributed by atoms with E-state index < -0.39 is 0 Å². The summed E-state index contributed by atoms with van der Waals surface area (Å²) >= 11 is 3.58. The summed E-state index contributed by atoms with van der Waals surface area (Å²) in [7, 11) is 1.71. The number of halogens is 1. The SMILES string of the molecule is CCC1(Cc2ccc(OC)c(Br)c2)CCCCCN1. The summed E-state index contributed by atoms with van der Waals surface area (Å²) in [5, 5.41) is 3.79. The molecule has 0 spiro atoms. The smallest absolute Gasteiger partial charge is 0.133 e. The highest BCUT2D eigenvalue weighted by molar-refractivity contribution is 9.10. The van der Waals surface area contributed by atoms with Gasteiger partial charge in [-0.1, -0.05) is 25.8 Å². The van der Waals surface area contributed by atoms with Crippen LogP contribution in [0.25, 0.3) is 0 Å². The van der Waals surface area contributed by atoms with Gasteiger partial charge in [-0.25, -0.2) is 0 Å². The second-order valence-corrected chi connectivity index (χ2v) is 6.37.